The van der Waals surface area contributed by atoms with E-state index in [-0.39, 0.29) is 15.5 Å². The lowest BCUT2D eigenvalue weighted by Crippen LogP contribution is -2.15. The number of carbonyl (C=O) groups is 1. The first-order valence-electron chi connectivity index (χ1n) is 6.31. The summed E-state index contributed by atoms with van der Waals surface area (Å²) in [6.07, 6.45) is 0. The number of esters is 1. The Bertz CT molecular complexity index is 818. The van der Waals surface area contributed by atoms with Gasteiger partial charge in [-0.05, 0) is 36.8 Å². The zero-order chi connectivity index (χ0) is 16.3. The fourth-order valence-electron chi connectivity index (χ4n) is 1.84. The van der Waals surface area contributed by atoms with Crippen LogP contribution in [0.5, 0.6) is 0 Å². The molecule has 0 heterocycles. The number of benzene rings is 2. The van der Waals surface area contributed by atoms with Crippen molar-refractivity contribution in [3.8, 4) is 0 Å². The molecule has 0 aliphatic heterocycles. The predicted octanol–water partition coefficient (Wildman–Crippen LogP) is 3.24. The number of ether oxygens (including phenoxy) is 1. The van der Waals surface area contributed by atoms with E-state index in [1.165, 1.54) is 25.3 Å². The molecule has 0 saturated carbocycles. The number of hydrogen-bond donors (Lipinski definition) is 1. The van der Waals surface area contributed by atoms with Crippen molar-refractivity contribution in [3.05, 3.63) is 58.6 Å². The summed E-state index contributed by atoms with van der Waals surface area (Å²) in [5.41, 5.74) is 1.22. The van der Waals surface area contributed by atoms with Gasteiger partial charge in [0.15, 0.2) is 0 Å². The largest absolute Gasteiger partial charge is 0.465 e. The monoisotopic (exact) mass is 339 g/mol. The van der Waals surface area contributed by atoms with Crippen molar-refractivity contribution in [1.82, 2.24) is 0 Å². The average Bonchev–Trinajstić information content (AvgIpc) is 2.48. The molecule has 0 radical (unpaired) electrons. The van der Waals surface area contributed by atoms with Gasteiger partial charge in [-0.3, -0.25) is 4.72 Å². The van der Waals surface area contributed by atoms with Crippen LogP contribution in [-0.4, -0.2) is 21.5 Å². The van der Waals surface area contributed by atoms with Crippen molar-refractivity contribution in [1.29, 1.82) is 0 Å². The van der Waals surface area contributed by atoms with E-state index in [0.29, 0.717) is 11.3 Å². The highest BCUT2D eigenvalue weighted by atomic mass is 35.5. The van der Waals surface area contributed by atoms with Gasteiger partial charge in [-0.15, -0.1) is 0 Å². The first-order valence-corrected chi connectivity index (χ1v) is 8.17. The van der Waals surface area contributed by atoms with E-state index in [9.17, 15) is 13.2 Å². The van der Waals surface area contributed by atoms with Crippen molar-refractivity contribution in [2.24, 2.45) is 0 Å². The molecule has 0 aromatic heterocycles. The first kappa shape index (κ1) is 16.3. The molecule has 0 fully saturated rings. The van der Waals surface area contributed by atoms with Gasteiger partial charge in [-0.25, -0.2) is 13.2 Å². The second-order valence-electron chi connectivity index (χ2n) is 4.56. The lowest BCUT2D eigenvalue weighted by molar-refractivity contribution is 0.0601. The van der Waals surface area contributed by atoms with Gasteiger partial charge in [0.2, 0.25) is 0 Å². The molecular formula is C15H14ClNO4S. The summed E-state index contributed by atoms with van der Waals surface area (Å²) >= 11 is 5.93. The Morgan fingerprint density at radius 1 is 1.18 bits per heavy atom. The van der Waals surface area contributed by atoms with Crippen LogP contribution in [0.2, 0.25) is 5.02 Å². The number of halogens is 1. The fraction of sp³-hybridized carbons (Fsp3) is 0.133. The number of sulfonamides is 1. The molecule has 0 aliphatic carbocycles. The van der Waals surface area contributed by atoms with Crippen LogP contribution < -0.4 is 4.72 Å². The Morgan fingerprint density at radius 2 is 1.86 bits per heavy atom. The number of rotatable bonds is 4. The van der Waals surface area contributed by atoms with Gasteiger partial charge < -0.3 is 4.74 Å². The number of nitrogens with one attached hydrogen (secondary N) is 1. The quantitative estimate of drug-likeness (QED) is 0.868. The molecule has 0 bridgehead atoms. The number of anilines is 1. The molecular weight excluding hydrogens is 326 g/mol. The topological polar surface area (TPSA) is 72.5 Å². The van der Waals surface area contributed by atoms with Crippen molar-refractivity contribution in [2.45, 2.75) is 11.8 Å². The number of hydrogen-bond acceptors (Lipinski definition) is 4. The van der Waals surface area contributed by atoms with Gasteiger partial charge in [-0.1, -0.05) is 29.8 Å². The van der Waals surface area contributed by atoms with E-state index in [0.717, 1.165) is 0 Å². The maximum atomic E-state index is 12.4. The highest BCUT2D eigenvalue weighted by Crippen LogP contribution is 2.25. The third kappa shape index (κ3) is 3.40. The molecule has 0 spiro atoms. The lowest BCUT2D eigenvalue weighted by atomic mass is 10.1. The molecule has 22 heavy (non-hydrogen) atoms. The number of aryl methyl sites for hydroxylation is 1. The van der Waals surface area contributed by atoms with Crippen molar-refractivity contribution in [2.75, 3.05) is 11.8 Å². The summed E-state index contributed by atoms with van der Waals surface area (Å²) < 4.78 is 31.9. The van der Waals surface area contributed by atoms with Crippen LogP contribution in [-0.2, 0) is 14.8 Å². The second-order valence-corrected chi connectivity index (χ2v) is 6.62. The molecule has 7 heteroatoms. The maximum Gasteiger partial charge on any atom is 0.337 e. The standard InChI is InChI=1S/C15H14ClNO4S/c1-10-7-8-11(15(18)21-2)9-13(10)17-22(19,20)14-6-4-3-5-12(14)16/h3-9,17H,1-2H3. The van der Waals surface area contributed by atoms with Gasteiger partial charge >= 0.3 is 5.97 Å². The van der Waals surface area contributed by atoms with Crippen molar-refractivity contribution < 1.29 is 17.9 Å². The molecule has 2 rings (SSSR count). The Labute approximate surface area is 133 Å². The summed E-state index contributed by atoms with van der Waals surface area (Å²) in [5.74, 6) is -0.543. The zero-order valence-electron chi connectivity index (χ0n) is 12.0. The van der Waals surface area contributed by atoms with Gasteiger partial charge in [0, 0.05) is 0 Å². The average molecular weight is 340 g/mol. The van der Waals surface area contributed by atoms with Crippen molar-refractivity contribution in [3.63, 3.8) is 0 Å². The number of carbonyl (C=O) groups excluding carboxylic acids is 1. The normalized spacial score (nSPS) is 11.0. The summed E-state index contributed by atoms with van der Waals surface area (Å²) in [6.45, 7) is 1.73. The number of methoxy groups -OCH3 is 1. The minimum Gasteiger partial charge on any atom is -0.465 e. The van der Waals surface area contributed by atoms with E-state index >= 15 is 0 Å². The zero-order valence-corrected chi connectivity index (χ0v) is 13.5. The molecule has 0 atom stereocenters. The summed E-state index contributed by atoms with van der Waals surface area (Å²) in [5, 5.41) is 0.122. The van der Waals surface area contributed by atoms with Gasteiger partial charge in [-0.2, -0.15) is 0 Å². The first-order chi connectivity index (χ1) is 10.3. The third-order valence-electron chi connectivity index (χ3n) is 3.03. The van der Waals surface area contributed by atoms with Crippen LogP contribution >= 0.6 is 11.6 Å². The van der Waals surface area contributed by atoms with Crippen LogP contribution in [0.3, 0.4) is 0 Å². The molecule has 0 amide bonds. The van der Waals surface area contributed by atoms with Crippen LogP contribution in [0, 0.1) is 6.92 Å². The third-order valence-corrected chi connectivity index (χ3v) is 4.89. The van der Waals surface area contributed by atoms with Crippen LogP contribution in [0.1, 0.15) is 15.9 Å². The lowest BCUT2D eigenvalue weighted by Gasteiger charge is -2.12. The Morgan fingerprint density at radius 3 is 2.50 bits per heavy atom. The summed E-state index contributed by atoms with van der Waals surface area (Å²) in [4.78, 5) is 11.5. The minimum absolute atomic E-state index is 0.0282. The Balaban J connectivity index is 2.42. The molecule has 0 aliphatic rings. The van der Waals surface area contributed by atoms with Crippen LogP contribution in [0.4, 0.5) is 5.69 Å². The molecule has 0 saturated heterocycles. The van der Waals surface area contributed by atoms with Crippen molar-refractivity contribution >= 4 is 33.3 Å². The fourth-order valence-corrected chi connectivity index (χ4v) is 3.48. The minimum atomic E-state index is -3.85. The highest BCUT2D eigenvalue weighted by molar-refractivity contribution is 7.92. The van der Waals surface area contributed by atoms with Gasteiger partial charge in [0.25, 0.3) is 10.0 Å². The Kier molecular flexibility index (Phi) is 4.73. The summed E-state index contributed by atoms with van der Waals surface area (Å²) in [6, 6.07) is 10.8. The highest BCUT2D eigenvalue weighted by Gasteiger charge is 2.19. The summed E-state index contributed by atoms with van der Waals surface area (Å²) in [7, 11) is -2.59. The van der Waals surface area contributed by atoms with Gasteiger partial charge in [0.1, 0.15) is 4.90 Å². The van der Waals surface area contributed by atoms with E-state index in [1.54, 1.807) is 31.2 Å². The molecule has 116 valence electrons. The molecule has 1 N–H and O–H groups in total. The van der Waals surface area contributed by atoms with Crippen LogP contribution in [0.15, 0.2) is 47.4 Å². The second kappa shape index (κ2) is 6.37. The molecule has 2 aromatic carbocycles. The molecule has 5 nitrogen and oxygen atoms in total. The Hall–Kier alpha value is -2.05. The van der Waals surface area contributed by atoms with Gasteiger partial charge in [0.05, 0.1) is 23.4 Å². The van der Waals surface area contributed by atoms with E-state index < -0.39 is 16.0 Å². The predicted molar refractivity (Wildman–Crippen MR) is 84.8 cm³/mol. The van der Waals surface area contributed by atoms with E-state index in [4.69, 9.17) is 11.6 Å². The van der Waals surface area contributed by atoms with E-state index in [1.807, 2.05) is 0 Å². The molecule has 0 unspecified atom stereocenters. The molecule has 2 aromatic rings. The maximum absolute atomic E-state index is 12.4. The van der Waals surface area contributed by atoms with Crippen LogP contribution in [0.25, 0.3) is 0 Å². The smallest absolute Gasteiger partial charge is 0.337 e. The van der Waals surface area contributed by atoms with E-state index in [2.05, 4.69) is 9.46 Å². The SMILES string of the molecule is COC(=O)c1ccc(C)c(NS(=O)(=O)c2ccccc2Cl)c1.